The largest absolute Gasteiger partial charge is 0.355 e. The summed E-state index contributed by atoms with van der Waals surface area (Å²) in [7, 11) is 1.55. The molecule has 206 valence electrons. The van der Waals surface area contributed by atoms with Gasteiger partial charge in [0.1, 0.15) is 17.3 Å². The van der Waals surface area contributed by atoms with Crippen LogP contribution in [0.1, 0.15) is 41.8 Å². The number of rotatable bonds is 10. The number of aryl methyl sites for hydroxylation is 1. The second-order valence-corrected chi connectivity index (χ2v) is 9.18. The summed E-state index contributed by atoms with van der Waals surface area (Å²) < 4.78 is 29.8. The van der Waals surface area contributed by atoms with Crippen molar-refractivity contribution in [2.45, 2.75) is 33.7 Å². The lowest BCUT2D eigenvalue weighted by Gasteiger charge is -2.31. The summed E-state index contributed by atoms with van der Waals surface area (Å²) in [6, 6.07) is 7.93. The molecular formula is C28H33F2N7O2. The van der Waals surface area contributed by atoms with E-state index in [0.29, 0.717) is 28.9 Å². The second-order valence-electron chi connectivity index (χ2n) is 9.18. The number of hydrogen-bond acceptors (Lipinski definition) is 6. The van der Waals surface area contributed by atoms with Crippen molar-refractivity contribution >= 4 is 29.4 Å². The maximum absolute atomic E-state index is 14.9. The molecule has 0 radical (unpaired) electrons. The summed E-state index contributed by atoms with van der Waals surface area (Å²) in [4.78, 5) is 37.9. The van der Waals surface area contributed by atoms with E-state index in [1.54, 1.807) is 25.2 Å². The number of para-hydroxylation sites is 1. The monoisotopic (exact) mass is 537 g/mol. The van der Waals surface area contributed by atoms with Gasteiger partial charge in [-0.25, -0.2) is 23.5 Å². The molecule has 1 aliphatic rings. The van der Waals surface area contributed by atoms with Crippen molar-refractivity contribution in [3.63, 3.8) is 0 Å². The van der Waals surface area contributed by atoms with Crippen molar-refractivity contribution in [3.8, 4) is 11.3 Å². The molecule has 3 aromatic rings. The minimum atomic E-state index is -0.898. The Labute approximate surface area is 226 Å². The maximum atomic E-state index is 14.9. The van der Waals surface area contributed by atoms with Gasteiger partial charge >= 0.3 is 6.03 Å². The number of benzene rings is 2. The molecule has 11 heteroatoms. The Bertz CT molecular complexity index is 1360. The number of nitrogens with zero attached hydrogens (tertiary/aromatic N) is 4. The lowest BCUT2D eigenvalue weighted by atomic mass is 9.97. The van der Waals surface area contributed by atoms with Crippen LogP contribution < -0.4 is 20.9 Å². The summed E-state index contributed by atoms with van der Waals surface area (Å²) in [6.45, 7) is 9.43. The molecular weight excluding hydrogens is 504 g/mol. The summed E-state index contributed by atoms with van der Waals surface area (Å²) >= 11 is 0. The summed E-state index contributed by atoms with van der Waals surface area (Å²) in [5.74, 6) is -1.78. The fraction of sp³-hybridized carbons (Fsp3) is 0.357. The van der Waals surface area contributed by atoms with Crippen molar-refractivity contribution in [1.29, 1.82) is 0 Å². The third kappa shape index (κ3) is 5.83. The van der Waals surface area contributed by atoms with Gasteiger partial charge in [0.15, 0.2) is 5.82 Å². The van der Waals surface area contributed by atoms with Gasteiger partial charge in [0.25, 0.3) is 5.91 Å². The molecule has 1 aliphatic heterocycles. The Morgan fingerprint density at radius 1 is 1.13 bits per heavy atom. The van der Waals surface area contributed by atoms with Crippen LogP contribution in [0.5, 0.6) is 0 Å². The van der Waals surface area contributed by atoms with E-state index in [1.807, 2.05) is 6.92 Å². The number of carbonyl (C=O) groups excluding carboxylic acids is 2. The molecule has 0 spiro atoms. The fourth-order valence-electron chi connectivity index (χ4n) is 4.58. The van der Waals surface area contributed by atoms with Crippen LogP contribution in [0.4, 0.5) is 31.0 Å². The summed E-state index contributed by atoms with van der Waals surface area (Å²) in [6.07, 6.45) is 0.814. The molecule has 0 bridgehead atoms. The van der Waals surface area contributed by atoms with E-state index >= 15 is 0 Å². The molecule has 3 amide bonds. The predicted molar refractivity (Wildman–Crippen MR) is 147 cm³/mol. The number of fused-ring (bicyclic) bond motifs is 1. The first-order valence-electron chi connectivity index (χ1n) is 13.0. The highest BCUT2D eigenvalue weighted by molar-refractivity contribution is 6.02. The summed E-state index contributed by atoms with van der Waals surface area (Å²) in [5.41, 5.74) is 2.31. The van der Waals surface area contributed by atoms with Gasteiger partial charge in [0, 0.05) is 30.3 Å². The van der Waals surface area contributed by atoms with Crippen LogP contribution in [0.15, 0.2) is 36.4 Å². The smallest absolute Gasteiger partial charge is 0.328 e. The zero-order valence-corrected chi connectivity index (χ0v) is 22.6. The Morgan fingerprint density at radius 3 is 2.51 bits per heavy atom. The molecule has 0 atom stereocenters. The zero-order chi connectivity index (χ0) is 28.1. The van der Waals surface area contributed by atoms with Crippen LogP contribution in [0.25, 0.3) is 11.3 Å². The van der Waals surface area contributed by atoms with E-state index in [9.17, 15) is 18.4 Å². The Hall–Kier alpha value is -4.12. The SMILES string of the molecule is CCN(CC)CCCNc1nc(-c2cc(C(=O)NC)ccc2C)c2c(n1)N(c1c(F)cccc1F)C(=O)NC2. The third-order valence-corrected chi connectivity index (χ3v) is 6.79. The number of amides is 3. The molecule has 4 rings (SSSR count). The molecule has 0 aliphatic carbocycles. The number of halogens is 2. The van der Waals surface area contributed by atoms with Gasteiger partial charge < -0.3 is 20.9 Å². The van der Waals surface area contributed by atoms with Crippen LogP contribution in [-0.2, 0) is 6.54 Å². The van der Waals surface area contributed by atoms with Crippen molar-refractivity contribution in [2.24, 2.45) is 0 Å². The number of hydrogen-bond donors (Lipinski definition) is 3. The van der Waals surface area contributed by atoms with Crippen molar-refractivity contribution in [2.75, 3.05) is 43.4 Å². The van der Waals surface area contributed by atoms with E-state index in [1.165, 1.54) is 6.07 Å². The number of aromatic nitrogens is 2. The highest BCUT2D eigenvalue weighted by Crippen LogP contribution is 2.39. The quantitative estimate of drug-likeness (QED) is 0.327. The molecule has 2 aromatic carbocycles. The second kappa shape index (κ2) is 12.2. The molecule has 3 N–H and O–H groups in total. The highest BCUT2D eigenvalue weighted by Gasteiger charge is 2.34. The number of carbonyl (C=O) groups is 2. The van der Waals surface area contributed by atoms with E-state index in [2.05, 4.69) is 39.7 Å². The Morgan fingerprint density at radius 2 is 1.85 bits per heavy atom. The van der Waals surface area contributed by atoms with E-state index in [-0.39, 0.29) is 24.2 Å². The normalized spacial score (nSPS) is 12.8. The molecule has 39 heavy (non-hydrogen) atoms. The standard InChI is InChI=1S/C28H33F2N7O2/c1-5-36(6-2)14-8-13-32-27-34-23(19-15-18(26(38)31-4)12-11-17(19)3)20-16-33-28(39)37(25(20)35-27)24-21(29)9-7-10-22(24)30/h7,9-12,15H,5-6,8,13-14,16H2,1-4H3,(H,31,38)(H,33,39)(H,32,34,35). The molecule has 1 aromatic heterocycles. The van der Waals surface area contributed by atoms with Crippen LogP contribution in [0, 0.1) is 18.6 Å². The highest BCUT2D eigenvalue weighted by atomic mass is 19.1. The predicted octanol–water partition coefficient (Wildman–Crippen LogP) is 4.59. The van der Waals surface area contributed by atoms with Crippen molar-refractivity contribution in [1.82, 2.24) is 25.5 Å². The summed E-state index contributed by atoms with van der Waals surface area (Å²) in [5, 5.41) is 8.52. The topological polar surface area (TPSA) is 102 Å². The first kappa shape index (κ1) is 27.9. The minimum absolute atomic E-state index is 0.0436. The Kier molecular flexibility index (Phi) is 8.70. The van der Waals surface area contributed by atoms with Crippen molar-refractivity contribution < 1.29 is 18.4 Å². The molecule has 0 fully saturated rings. The van der Waals surface area contributed by atoms with Gasteiger partial charge in [-0.2, -0.15) is 4.98 Å². The van der Waals surface area contributed by atoms with Crippen LogP contribution in [0.2, 0.25) is 0 Å². The van der Waals surface area contributed by atoms with E-state index < -0.39 is 23.4 Å². The van der Waals surface area contributed by atoms with Crippen LogP contribution >= 0.6 is 0 Å². The van der Waals surface area contributed by atoms with Gasteiger partial charge in [-0.15, -0.1) is 0 Å². The minimum Gasteiger partial charge on any atom is -0.355 e. The maximum Gasteiger partial charge on any atom is 0.328 e. The number of urea groups is 1. The van der Waals surface area contributed by atoms with Gasteiger partial charge in [-0.05, 0) is 62.8 Å². The fourth-order valence-corrected chi connectivity index (χ4v) is 4.58. The molecule has 0 saturated heterocycles. The van der Waals surface area contributed by atoms with Gasteiger partial charge in [-0.1, -0.05) is 26.0 Å². The van der Waals surface area contributed by atoms with Crippen LogP contribution in [-0.4, -0.2) is 60.0 Å². The lowest BCUT2D eigenvalue weighted by molar-refractivity contribution is 0.0963. The molecule has 9 nitrogen and oxygen atoms in total. The molecule has 0 unspecified atom stereocenters. The lowest BCUT2D eigenvalue weighted by Crippen LogP contribution is -2.43. The molecule has 0 saturated carbocycles. The first-order valence-corrected chi connectivity index (χ1v) is 13.0. The average Bonchev–Trinajstić information content (AvgIpc) is 2.93. The first-order chi connectivity index (χ1) is 18.8. The average molecular weight is 538 g/mol. The van der Waals surface area contributed by atoms with Crippen LogP contribution in [0.3, 0.4) is 0 Å². The van der Waals surface area contributed by atoms with Gasteiger partial charge in [0.05, 0.1) is 12.2 Å². The van der Waals surface area contributed by atoms with E-state index in [0.717, 1.165) is 48.7 Å². The number of anilines is 3. The van der Waals surface area contributed by atoms with Gasteiger partial charge in [-0.3, -0.25) is 4.79 Å². The number of nitrogens with one attached hydrogen (secondary N) is 3. The van der Waals surface area contributed by atoms with Crippen molar-refractivity contribution in [3.05, 3.63) is 64.7 Å². The molecule has 2 heterocycles. The Balaban J connectivity index is 1.85. The van der Waals surface area contributed by atoms with Gasteiger partial charge in [0.2, 0.25) is 5.95 Å². The zero-order valence-electron chi connectivity index (χ0n) is 22.6. The third-order valence-electron chi connectivity index (χ3n) is 6.79. The van der Waals surface area contributed by atoms with E-state index in [4.69, 9.17) is 4.98 Å².